The normalized spacial score (nSPS) is 13.5. The molecule has 1 heterocycles. The first-order chi connectivity index (χ1) is 4.97. The molecule has 1 aliphatic heterocycles. The molecule has 2 heteroatoms. The molecule has 1 aliphatic rings. The Morgan fingerprint density at radius 3 is 2.82 bits per heavy atom. The molecule has 0 bridgehead atoms. The monoisotopic (exact) mass is 259 g/mol. The van der Waals surface area contributed by atoms with Gasteiger partial charge in [0.1, 0.15) is 0 Å². The Hall–Kier alpha value is -0.380. The van der Waals surface area contributed by atoms with E-state index in [0.717, 1.165) is 18.3 Å². The molecule has 0 saturated heterocycles. The van der Waals surface area contributed by atoms with Crippen LogP contribution in [0.2, 0.25) is 0 Å². The van der Waals surface area contributed by atoms with Crippen molar-refractivity contribution in [3.8, 4) is 0 Å². The summed E-state index contributed by atoms with van der Waals surface area (Å²) in [6, 6.07) is 8.25. The van der Waals surface area contributed by atoms with E-state index in [9.17, 15) is 0 Å². The van der Waals surface area contributed by atoms with Gasteiger partial charge in [0.25, 0.3) is 0 Å². The van der Waals surface area contributed by atoms with Crippen molar-refractivity contribution in [1.82, 2.24) is 0 Å². The molecule has 0 radical (unpaired) electrons. The van der Waals surface area contributed by atoms with Gasteiger partial charge in [0.15, 0.2) is 0 Å². The maximum Gasteiger partial charge on any atom is 0.0643 e. The molecule has 0 unspecified atom stereocenters. The van der Waals surface area contributed by atoms with Crippen LogP contribution in [-0.2, 0) is 0 Å². The van der Waals surface area contributed by atoms with Crippen LogP contribution in [0.5, 0.6) is 0 Å². The Balaban J connectivity index is 0.000000605. The first-order valence-corrected chi connectivity index (χ1v) is 3.56. The predicted octanol–water partition coefficient (Wildman–Crippen LogP) is 1.11. The fraction of sp³-hybridized carbons (Fsp3) is 0.222. The van der Waals surface area contributed by atoms with Gasteiger partial charge in [-0.15, -0.1) is 24.0 Å². The van der Waals surface area contributed by atoms with Crippen molar-refractivity contribution < 1.29 is 0 Å². The Morgan fingerprint density at radius 1 is 1.18 bits per heavy atom. The molecule has 0 amide bonds. The summed E-state index contributed by atoms with van der Waals surface area (Å²) >= 11 is 0. The molecule has 0 N–H and O–H groups in total. The number of benzene rings is 1. The second-order valence-corrected chi connectivity index (χ2v) is 2.43. The zero-order valence-corrected chi connectivity index (χ0v) is 8.49. The molecular formula is C9H10IN. The lowest BCUT2D eigenvalue weighted by Crippen LogP contribution is -2.26. The molecular weight excluding hydrogens is 249 g/mol. The van der Waals surface area contributed by atoms with Crippen LogP contribution in [-0.4, -0.2) is 6.54 Å². The molecule has 2 rings (SSSR count). The van der Waals surface area contributed by atoms with E-state index in [2.05, 4.69) is 29.3 Å². The Kier molecular flexibility index (Phi) is 3.05. The molecule has 1 aromatic carbocycles. The number of fused-ring (bicyclic) bond motifs is 1. The van der Waals surface area contributed by atoms with Crippen LogP contribution in [0.15, 0.2) is 29.3 Å². The summed E-state index contributed by atoms with van der Waals surface area (Å²) in [5.41, 5.74) is 0. The minimum atomic E-state index is 0. The lowest BCUT2D eigenvalue weighted by Gasteiger charge is -1.96. The standard InChI is InChI=1S/C9H9N.HI/c1-2-6-9-8(4-1)5-3-7-10-9;/h1-2,4-6H,3,7H2;1H. The fourth-order valence-electron chi connectivity index (χ4n) is 1.21. The number of hydrogen-bond acceptors (Lipinski definition) is 1. The molecule has 11 heavy (non-hydrogen) atoms. The lowest BCUT2D eigenvalue weighted by atomic mass is 10.2. The minimum Gasteiger partial charge on any atom is -0.284 e. The van der Waals surface area contributed by atoms with Crippen LogP contribution < -0.4 is 10.6 Å². The van der Waals surface area contributed by atoms with E-state index in [1.807, 2.05) is 6.07 Å². The van der Waals surface area contributed by atoms with Gasteiger partial charge in [-0.3, -0.25) is 4.99 Å². The Bertz CT molecular complexity index is 308. The van der Waals surface area contributed by atoms with Crippen LogP contribution in [0.3, 0.4) is 0 Å². The smallest absolute Gasteiger partial charge is 0.0643 e. The molecule has 1 nitrogen and oxygen atoms in total. The van der Waals surface area contributed by atoms with Crippen molar-refractivity contribution in [2.24, 2.45) is 4.99 Å². The number of hydrogen-bond donors (Lipinski definition) is 0. The van der Waals surface area contributed by atoms with E-state index in [-0.39, 0.29) is 24.0 Å². The van der Waals surface area contributed by atoms with E-state index in [1.165, 1.54) is 5.22 Å². The molecule has 0 saturated carbocycles. The zero-order chi connectivity index (χ0) is 6.81. The maximum atomic E-state index is 4.36. The highest BCUT2D eigenvalue weighted by atomic mass is 127. The second kappa shape index (κ2) is 3.85. The third-order valence-electron chi connectivity index (χ3n) is 1.71. The van der Waals surface area contributed by atoms with Crippen LogP contribution in [0.1, 0.15) is 6.42 Å². The van der Waals surface area contributed by atoms with E-state index >= 15 is 0 Å². The molecule has 0 aromatic heterocycles. The Morgan fingerprint density at radius 2 is 2.00 bits per heavy atom. The molecule has 0 atom stereocenters. The molecule has 0 aliphatic carbocycles. The fourth-order valence-corrected chi connectivity index (χ4v) is 1.21. The first-order valence-electron chi connectivity index (χ1n) is 3.56. The van der Waals surface area contributed by atoms with Crippen molar-refractivity contribution in [2.45, 2.75) is 6.42 Å². The van der Waals surface area contributed by atoms with Gasteiger partial charge >= 0.3 is 0 Å². The molecule has 0 fully saturated rings. The van der Waals surface area contributed by atoms with Gasteiger partial charge in [-0.2, -0.15) is 0 Å². The van der Waals surface area contributed by atoms with Gasteiger partial charge in [-0.25, -0.2) is 0 Å². The topological polar surface area (TPSA) is 12.4 Å². The van der Waals surface area contributed by atoms with E-state index in [4.69, 9.17) is 0 Å². The summed E-state index contributed by atoms with van der Waals surface area (Å²) in [5.74, 6) is 0. The lowest BCUT2D eigenvalue weighted by molar-refractivity contribution is 0.960. The van der Waals surface area contributed by atoms with Crippen molar-refractivity contribution >= 4 is 30.1 Å². The summed E-state index contributed by atoms with van der Waals surface area (Å²) in [5, 5.41) is 2.43. The quantitative estimate of drug-likeness (QED) is 0.619. The highest BCUT2D eigenvalue weighted by Crippen LogP contribution is 1.85. The highest BCUT2D eigenvalue weighted by molar-refractivity contribution is 14.0. The predicted molar refractivity (Wildman–Crippen MR) is 56.6 cm³/mol. The van der Waals surface area contributed by atoms with Crippen molar-refractivity contribution in [3.63, 3.8) is 0 Å². The third kappa shape index (κ3) is 1.80. The van der Waals surface area contributed by atoms with Gasteiger partial charge in [0, 0.05) is 6.54 Å². The van der Waals surface area contributed by atoms with Gasteiger partial charge < -0.3 is 0 Å². The van der Waals surface area contributed by atoms with E-state index in [0.29, 0.717) is 0 Å². The molecule has 1 aromatic rings. The average molecular weight is 259 g/mol. The zero-order valence-electron chi connectivity index (χ0n) is 6.16. The van der Waals surface area contributed by atoms with Crippen molar-refractivity contribution in [2.75, 3.05) is 6.54 Å². The van der Waals surface area contributed by atoms with E-state index < -0.39 is 0 Å². The molecule has 58 valence electrons. The summed E-state index contributed by atoms with van der Waals surface area (Å²) < 4.78 is 0. The van der Waals surface area contributed by atoms with Crippen molar-refractivity contribution in [1.29, 1.82) is 0 Å². The van der Waals surface area contributed by atoms with Gasteiger partial charge in [0.2, 0.25) is 0 Å². The summed E-state index contributed by atoms with van der Waals surface area (Å²) in [6.07, 6.45) is 3.33. The van der Waals surface area contributed by atoms with Gasteiger partial charge in [0.05, 0.1) is 5.36 Å². The SMILES string of the molecule is C1=c2ccccc2=NCC1.I. The number of para-hydroxylation sites is 1. The van der Waals surface area contributed by atoms with Crippen LogP contribution >= 0.6 is 24.0 Å². The number of nitrogens with zero attached hydrogens (tertiary/aromatic N) is 1. The Labute approximate surface area is 82.9 Å². The van der Waals surface area contributed by atoms with Crippen LogP contribution in [0, 0.1) is 0 Å². The summed E-state index contributed by atoms with van der Waals surface area (Å²) in [7, 11) is 0. The average Bonchev–Trinajstić information content (AvgIpc) is 2.05. The number of rotatable bonds is 0. The third-order valence-corrected chi connectivity index (χ3v) is 1.71. The van der Waals surface area contributed by atoms with Gasteiger partial charge in [-0.05, 0) is 17.7 Å². The van der Waals surface area contributed by atoms with Crippen LogP contribution in [0.4, 0.5) is 0 Å². The highest BCUT2D eigenvalue weighted by Gasteiger charge is 1.89. The maximum absolute atomic E-state index is 4.36. The first kappa shape index (κ1) is 8.71. The van der Waals surface area contributed by atoms with Crippen LogP contribution in [0.25, 0.3) is 6.08 Å². The summed E-state index contributed by atoms with van der Waals surface area (Å²) in [4.78, 5) is 4.36. The minimum absolute atomic E-state index is 0. The number of halogens is 1. The molecule has 0 spiro atoms. The van der Waals surface area contributed by atoms with E-state index in [1.54, 1.807) is 0 Å². The van der Waals surface area contributed by atoms with Crippen molar-refractivity contribution in [3.05, 3.63) is 34.8 Å². The largest absolute Gasteiger partial charge is 0.284 e. The summed E-state index contributed by atoms with van der Waals surface area (Å²) in [6.45, 7) is 0.955. The van der Waals surface area contributed by atoms with Gasteiger partial charge in [-0.1, -0.05) is 24.3 Å². The second-order valence-electron chi connectivity index (χ2n) is 2.43.